The van der Waals surface area contributed by atoms with Gasteiger partial charge in [-0.1, -0.05) is 41.4 Å². The minimum absolute atomic E-state index is 0.0895. The molecule has 0 saturated heterocycles. The molecule has 0 atom stereocenters. The van der Waals surface area contributed by atoms with E-state index >= 15 is 0 Å². The quantitative estimate of drug-likeness (QED) is 0.246. The smallest absolute Gasteiger partial charge is 0.407 e. The minimum Gasteiger partial charge on any atom is -0.465 e. The van der Waals surface area contributed by atoms with Gasteiger partial charge in [-0.2, -0.15) is 0 Å². The van der Waals surface area contributed by atoms with Gasteiger partial charge in [0.1, 0.15) is 4.83 Å². The molecule has 0 fully saturated rings. The molecule has 2 aromatic heterocycles. The molecule has 2 N–H and O–H groups in total. The van der Waals surface area contributed by atoms with Crippen molar-refractivity contribution in [2.24, 2.45) is 0 Å². The number of para-hydroxylation sites is 1. The third-order valence-electron chi connectivity index (χ3n) is 6.24. The van der Waals surface area contributed by atoms with Gasteiger partial charge in [-0.25, -0.2) is 9.59 Å². The zero-order chi connectivity index (χ0) is 26.3. The van der Waals surface area contributed by atoms with Crippen LogP contribution in [0.4, 0.5) is 9.59 Å². The minimum atomic E-state index is -1.05. The molecule has 10 heteroatoms. The van der Waals surface area contributed by atoms with Gasteiger partial charge in [-0.15, -0.1) is 11.3 Å². The summed E-state index contributed by atoms with van der Waals surface area (Å²) in [7, 11) is 0. The average molecular weight is 548 g/mol. The van der Waals surface area contributed by atoms with Crippen molar-refractivity contribution in [3.8, 4) is 11.3 Å². The van der Waals surface area contributed by atoms with Gasteiger partial charge >= 0.3 is 12.2 Å². The van der Waals surface area contributed by atoms with E-state index in [1.165, 1.54) is 9.80 Å². The third kappa shape index (κ3) is 4.73. The van der Waals surface area contributed by atoms with Gasteiger partial charge in [0.2, 0.25) is 0 Å². The van der Waals surface area contributed by atoms with Crippen LogP contribution >= 0.6 is 34.5 Å². The van der Waals surface area contributed by atoms with Crippen molar-refractivity contribution >= 4 is 61.8 Å². The summed E-state index contributed by atoms with van der Waals surface area (Å²) in [5, 5.41) is 20.7. The first-order valence-corrected chi connectivity index (χ1v) is 13.1. The highest BCUT2D eigenvalue weighted by Crippen LogP contribution is 2.42. The Kier molecular flexibility index (Phi) is 7.41. The largest absolute Gasteiger partial charge is 0.465 e. The molecule has 190 valence electrons. The Hall–Kier alpha value is -2.94. The first kappa shape index (κ1) is 26.1. The molecule has 0 spiro atoms. The maximum atomic E-state index is 12.2. The number of nitrogens with zero attached hydrogens (tertiary/aromatic N) is 3. The molecule has 4 aromatic rings. The van der Waals surface area contributed by atoms with E-state index < -0.39 is 12.2 Å². The van der Waals surface area contributed by atoms with E-state index in [2.05, 4.69) is 4.40 Å². The Morgan fingerprint density at radius 3 is 2.03 bits per heavy atom. The van der Waals surface area contributed by atoms with Gasteiger partial charge in [-0.05, 0) is 52.0 Å². The van der Waals surface area contributed by atoms with Crippen molar-refractivity contribution in [1.82, 2.24) is 14.2 Å². The molecular formula is C26H27Cl2N3O4S. The standard InChI is InChI=1S/C26H27Cl2N3O4S/c1-14(2)29(25(32)33)12-17-18(13-30(15(3)4)26(34)35)24-31(21-7-5-6-8-22(21)36-24)23(17)16-9-10-19(27)20(28)11-16/h5-11,14-15H,12-13H2,1-4H3,(H,32,33)(H,34,35). The molecule has 4 rings (SSSR count). The van der Waals surface area contributed by atoms with Gasteiger partial charge < -0.3 is 20.0 Å². The second kappa shape index (κ2) is 10.2. The van der Waals surface area contributed by atoms with Gasteiger partial charge in [0.15, 0.2) is 0 Å². The number of hydrogen-bond acceptors (Lipinski definition) is 3. The van der Waals surface area contributed by atoms with Gasteiger partial charge in [-0.3, -0.25) is 4.40 Å². The SMILES string of the molecule is CC(C)N(Cc1c(CN(C(=O)O)C(C)C)c2sc3ccccc3n2c1-c1ccc(Cl)c(Cl)c1)C(=O)O. The summed E-state index contributed by atoms with van der Waals surface area (Å²) < 4.78 is 3.12. The van der Waals surface area contributed by atoms with Crippen LogP contribution in [-0.2, 0) is 13.1 Å². The molecule has 36 heavy (non-hydrogen) atoms. The number of amides is 2. The number of carbonyl (C=O) groups is 2. The van der Waals surface area contributed by atoms with Crippen molar-refractivity contribution in [2.75, 3.05) is 0 Å². The zero-order valence-electron chi connectivity index (χ0n) is 20.3. The topological polar surface area (TPSA) is 85.5 Å². The molecule has 0 bridgehead atoms. The average Bonchev–Trinajstić information content (AvgIpc) is 3.31. The van der Waals surface area contributed by atoms with Crippen molar-refractivity contribution in [2.45, 2.75) is 52.9 Å². The van der Waals surface area contributed by atoms with Crippen molar-refractivity contribution in [3.63, 3.8) is 0 Å². The van der Waals surface area contributed by atoms with Gasteiger partial charge in [0, 0.05) is 28.8 Å². The molecule has 0 aliphatic rings. The fourth-order valence-electron chi connectivity index (χ4n) is 4.38. The Labute approximate surface area is 223 Å². The van der Waals surface area contributed by atoms with Crippen LogP contribution in [0.25, 0.3) is 26.3 Å². The number of rotatable bonds is 7. The van der Waals surface area contributed by atoms with Crippen LogP contribution in [0.3, 0.4) is 0 Å². The summed E-state index contributed by atoms with van der Waals surface area (Å²) in [4.78, 5) is 27.9. The summed E-state index contributed by atoms with van der Waals surface area (Å²) in [6.45, 7) is 7.49. The highest BCUT2D eigenvalue weighted by atomic mass is 35.5. The summed E-state index contributed by atoms with van der Waals surface area (Å²) >= 11 is 14.2. The highest BCUT2D eigenvalue weighted by molar-refractivity contribution is 7.24. The molecule has 2 heterocycles. The molecule has 2 aromatic carbocycles. The highest BCUT2D eigenvalue weighted by Gasteiger charge is 2.29. The molecule has 0 radical (unpaired) electrons. The number of hydrogen-bond donors (Lipinski definition) is 2. The first-order valence-electron chi connectivity index (χ1n) is 11.5. The van der Waals surface area contributed by atoms with E-state index in [1.807, 2.05) is 58.0 Å². The molecule has 2 amide bonds. The summed E-state index contributed by atoms with van der Waals surface area (Å²) in [6, 6.07) is 12.7. The van der Waals surface area contributed by atoms with Crippen LogP contribution in [0.15, 0.2) is 42.5 Å². The second-order valence-electron chi connectivity index (χ2n) is 9.15. The Bertz CT molecular complexity index is 1460. The maximum absolute atomic E-state index is 12.2. The van der Waals surface area contributed by atoms with Crippen molar-refractivity contribution < 1.29 is 19.8 Å². The lowest BCUT2D eigenvalue weighted by Crippen LogP contribution is -2.37. The molecular weight excluding hydrogens is 521 g/mol. The summed E-state index contributed by atoms with van der Waals surface area (Å²) in [5.74, 6) is 0. The van der Waals surface area contributed by atoms with E-state index in [1.54, 1.807) is 23.5 Å². The number of aromatic nitrogens is 1. The predicted octanol–water partition coefficient (Wildman–Crippen LogP) is 7.90. The number of thiazole rings is 1. The number of benzene rings is 2. The number of carboxylic acid groups (broad SMARTS) is 2. The van der Waals surface area contributed by atoms with Crippen molar-refractivity contribution in [3.05, 3.63) is 63.6 Å². The fourth-order valence-corrected chi connectivity index (χ4v) is 5.88. The second-order valence-corrected chi connectivity index (χ2v) is 11.0. The zero-order valence-corrected chi connectivity index (χ0v) is 22.7. The van der Waals surface area contributed by atoms with Crippen LogP contribution in [0.1, 0.15) is 38.8 Å². The Balaban J connectivity index is 2.11. The van der Waals surface area contributed by atoms with E-state index in [9.17, 15) is 19.8 Å². The molecule has 0 unspecified atom stereocenters. The van der Waals surface area contributed by atoms with E-state index in [4.69, 9.17) is 23.2 Å². The molecule has 0 saturated carbocycles. The van der Waals surface area contributed by atoms with Crippen LogP contribution in [0.5, 0.6) is 0 Å². The Morgan fingerprint density at radius 2 is 1.47 bits per heavy atom. The van der Waals surface area contributed by atoms with E-state index in [0.717, 1.165) is 37.4 Å². The lowest BCUT2D eigenvalue weighted by molar-refractivity contribution is 0.124. The molecule has 0 aliphatic carbocycles. The molecule has 7 nitrogen and oxygen atoms in total. The van der Waals surface area contributed by atoms with Crippen LogP contribution in [0.2, 0.25) is 10.0 Å². The van der Waals surface area contributed by atoms with Crippen LogP contribution in [-0.4, -0.2) is 48.7 Å². The molecule has 0 aliphatic heterocycles. The summed E-state index contributed by atoms with van der Waals surface area (Å²) in [6.07, 6.45) is -2.08. The number of fused-ring (bicyclic) bond motifs is 3. The van der Waals surface area contributed by atoms with Gasteiger partial charge in [0.05, 0.1) is 39.0 Å². The summed E-state index contributed by atoms with van der Waals surface area (Å²) in [5.41, 5.74) is 4.01. The van der Waals surface area contributed by atoms with Crippen LogP contribution in [0, 0.1) is 0 Å². The van der Waals surface area contributed by atoms with E-state index in [-0.39, 0.29) is 25.2 Å². The van der Waals surface area contributed by atoms with Crippen LogP contribution < -0.4 is 0 Å². The fraction of sp³-hybridized carbons (Fsp3) is 0.308. The monoisotopic (exact) mass is 547 g/mol. The lowest BCUT2D eigenvalue weighted by Gasteiger charge is -2.27. The normalized spacial score (nSPS) is 11.7. The first-order chi connectivity index (χ1) is 17.0. The number of halogens is 2. The Morgan fingerprint density at radius 1 is 0.889 bits per heavy atom. The van der Waals surface area contributed by atoms with E-state index in [0.29, 0.717) is 10.0 Å². The predicted molar refractivity (Wildman–Crippen MR) is 146 cm³/mol. The van der Waals surface area contributed by atoms with Crippen molar-refractivity contribution in [1.29, 1.82) is 0 Å². The lowest BCUT2D eigenvalue weighted by atomic mass is 10.0. The third-order valence-corrected chi connectivity index (χ3v) is 8.16. The maximum Gasteiger partial charge on any atom is 0.407 e. The van der Waals surface area contributed by atoms with Gasteiger partial charge in [0.25, 0.3) is 0 Å².